The molecule has 0 saturated carbocycles. The zero-order chi connectivity index (χ0) is 13.4. The molecular weight excluding hydrogens is 222 g/mol. The van der Waals surface area contributed by atoms with Gasteiger partial charge in [-0.1, -0.05) is 43.7 Å². The lowest BCUT2D eigenvalue weighted by atomic mass is 10.1. The zero-order valence-corrected chi connectivity index (χ0v) is 11.6. The number of hydrogen-bond donors (Lipinski definition) is 0. The smallest absolute Gasteiger partial charge is 0.246 e. The van der Waals surface area contributed by atoms with Crippen LogP contribution in [-0.4, -0.2) is 23.9 Å². The fourth-order valence-electron chi connectivity index (χ4n) is 1.82. The van der Waals surface area contributed by atoms with E-state index >= 15 is 0 Å². The highest BCUT2D eigenvalue weighted by Crippen LogP contribution is 2.06. The van der Waals surface area contributed by atoms with E-state index in [0.717, 1.165) is 31.5 Å². The van der Waals surface area contributed by atoms with Crippen LogP contribution in [0.5, 0.6) is 0 Å². The highest BCUT2D eigenvalue weighted by Gasteiger charge is 2.07. The topological polar surface area (TPSA) is 20.3 Å². The second kappa shape index (κ2) is 7.70. The molecule has 0 aliphatic heterocycles. The molecule has 0 radical (unpaired) electrons. The normalized spacial score (nSPS) is 10.8. The van der Waals surface area contributed by atoms with Gasteiger partial charge in [0.2, 0.25) is 5.91 Å². The van der Waals surface area contributed by atoms with Crippen molar-refractivity contribution in [2.24, 2.45) is 0 Å². The first-order chi connectivity index (χ1) is 8.67. The van der Waals surface area contributed by atoms with Crippen LogP contribution < -0.4 is 0 Å². The summed E-state index contributed by atoms with van der Waals surface area (Å²) in [6, 6.07) is 8.17. The summed E-state index contributed by atoms with van der Waals surface area (Å²) in [7, 11) is 0. The van der Waals surface area contributed by atoms with E-state index in [2.05, 4.69) is 32.9 Å². The van der Waals surface area contributed by atoms with Crippen LogP contribution in [0.25, 0.3) is 6.08 Å². The van der Waals surface area contributed by atoms with Crippen molar-refractivity contribution in [1.29, 1.82) is 0 Å². The Kier molecular flexibility index (Phi) is 6.20. The molecule has 0 N–H and O–H groups in total. The quantitative estimate of drug-likeness (QED) is 0.700. The Bertz CT molecular complexity index is 386. The van der Waals surface area contributed by atoms with E-state index in [9.17, 15) is 4.79 Å². The van der Waals surface area contributed by atoms with Crippen LogP contribution in [-0.2, 0) is 4.79 Å². The molecule has 0 saturated heterocycles. The molecule has 0 bridgehead atoms. The third kappa shape index (κ3) is 4.74. The molecule has 0 spiro atoms. The summed E-state index contributed by atoms with van der Waals surface area (Å²) in [4.78, 5) is 13.9. The Hall–Kier alpha value is -1.57. The third-order valence-electron chi connectivity index (χ3n) is 2.79. The van der Waals surface area contributed by atoms with E-state index in [1.165, 1.54) is 5.56 Å². The van der Waals surface area contributed by atoms with Gasteiger partial charge >= 0.3 is 0 Å². The number of benzene rings is 1. The van der Waals surface area contributed by atoms with Crippen LogP contribution in [0.4, 0.5) is 0 Å². The van der Waals surface area contributed by atoms with E-state index in [-0.39, 0.29) is 5.91 Å². The van der Waals surface area contributed by atoms with E-state index in [0.29, 0.717) is 0 Å². The summed E-state index contributed by atoms with van der Waals surface area (Å²) < 4.78 is 0. The number of amides is 1. The van der Waals surface area contributed by atoms with Crippen molar-refractivity contribution in [2.75, 3.05) is 13.1 Å². The molecule has 2 heteroatoms. The minimum Gasteiger partial charge on any atom is -0.339 e. The lowest BCUT2D eigenvalue weighted by molar-refractivity contribution is -0.126. The average Bonchev–Trinajstić information content (AvgIpc) is 2.37. The minimum atomic E-state index is 0.110. The third-order valence-corrected chi connectivity index (χ3v) is 2.79. The van der Waals surface area contributed by atoms with Crippen LogP contribution in [0.2, 0.25) is 0 Å². The van der Waals surface area contributed by atoms with Gasteiger partial charge < -0.3 is 4.90 Å². The van der Waals surface area contributed by atoms with Gasteiger partial charge in [-0.2, -0.15) is 0 Å². The van der Waals surface area contributed by atoms with E-state index in [4.69, 9.17) is 0 Å². The molecule has 0 aliphatic carbocycles. The van der Waals surface area contributed by atoms with Crippen molar-refractivity contribution in [1.82, 2.24) is 4.90 Å². The van der Waals surface area contributed by atoms with E-state index in [1.54, 1.807) is 6.08 Å². The van der Waals surface area contributed by atoms with Gasteiger partial charge in [-0.3, -0.25) is 4.79 Å². The van der Waals surface area contributed by atoms with Gasteiger partial charge in [0.15, 0.2) is 0 Å². The standard InChI is InChI=1S/C16H23NO/c1-4-12-17(13-5-2)16(18)11-10-15-8-6-14(3)7-9-15/h6-11H,4-5,12-13H2,1-3H3. The van der Waals surface area contributed by atoms with Crippen molar-refractivity contribution in [2.45, 2.75) is 33.6 Å². The number of aryl methyl sites for hydroxylation is 1. The van der Waals surface area contributed by atoms with E-state index < -0.39 is 0 Å². The number of hydrogen-bond acceptors (Lipinski definition) is 1. The summed E-state index contributed by atoms with van der Waals surface area (Å²) in [5, 5.41) is 0. The predicted molar refractivity (Wildman–Crippen MR) is 77.4 cm³/mol. The Morgan fingerprint density at radius 3 is 2.17 bits per heavy atom. The van der Waals surface area contributed by atoms with Gasteiger partial charge in [-0.05, 0) is 31.4 Å². The van der Waals surface area contributed by atoms with Crippen LogP contribution in [0.15, 0.2) is 30.3 Å². The van der Waals surface area contributed by atoms with Gasteiger partial charge in [-0.25, -0.2) is 0 Å². The molecular formula is C16H23NO. The second-order valence-electron chi connectivity index (χ2n) is 4.57. The Labute approximate surface area is 110 Å². The van der Waals surface area contributed by atoms with Crippen LogP contribution >= 0.6 is 0 Å². The predicted octanol–water partition coefficient (Wildman–Crippen LogP) is 3.66. The summed E-state index contributed by atoms with van der Waals surface area (Å²) >= 11 is 0. The molecule has 0 aromatic heterocycles. The molecule has 0 atom stereocenters. The van der Waals surface area contributed by atoms with Crippen molar-refractivity contribution in [3.8, 4) is 0 Å². The molecule has 1 aromatic rings. The summed E-state index contributed by atoms with van der Waals surface area (Å²) in [5.74, 6) is 0.110. The molecule has 1 aromatic carbocycles. The van der Waals surface area contributed by atoms with Crippen LogP contribution in [0.1, 0.15) is 37.8 Å². The van der Waals surface area contributed by atoms with Crippen molar-refractivity contribution >= 4 is 12.0 Å². The maximum Gasteiger partial charge on any atom is 0.246 e. The molecule has 0 aliphatic rings. The van der Waals surface area contributed by atoms with Gasteiger partial charge in [0.25, 0.3) is 0 Å². The van der Waals surface area contributed by atoms with Gasteiger partial charge in [-0.15, -0.1) is 0 Å². The molecule has 2 nitrogen and oxygen atoms in total. The largest absolute Gasteiger partial charge is 0.339 e. The Morgan fingerprint density at radius 2 is 1.67 bits per heavy atom. The summed E-state index contributed by atoms with van der Waals surface area (Å²) in [5.41, 5.74) is 2.30. The van der Waals surface area contributed by atoms with Crippen molar-refractivity contribution in [3.63, 3.8) is 0 Å². The highest BCUT2D eigenvalue weighted by atomic mass is 16.2. The second-order valence-corrected chi connectivity index (χ2v) is 4.57. The maximum absolute atomic E-state index is 12.0. The SMILES string of the molecule is CCCN(CCC)C(=O)C=Cc1ccc(C)cc1. The van der Waals surface area contributed by atoms with Crippen LogP contribution in [0, 0.1) is 6.92 Å². The van der Waals surface area contributed by atoms with E-state index in [1.807, 2.05) is 23.1 Å². The number of carbonyl (C=O) groups excluding carboxylic acids is 1. The molecule has 18 heavy (non-hydrogen) atoms. The number of nitrogens with zero attached hydrogens (tertiary/aromatic N) is 1. The van der Waals surface area contributed by atoms with Crippen molar-refractivity contribution < 1.29 is 4.79 Å². The average molecular weight is 245 g/mol. The lowest BCUT2D eigenvalue weighted by Gasteiger charge is -2.19. The van der Waals surface area contributed by atoms with Crippen LogP contribution in [0.3, 0.4) is 0 Å². The molecule has 0 heterocycles. The fourth-order valence-corrected chi connectivity index (χ4v) is 1.82. The number of carbonyl (C=O) groups is 1. The van der Waals surface area contributed by atoms with Crippen molar-refractivity contribution in [3.05, 3.63) is 41.5 Å². The zero-order valence-electron chi connectivity index (χ0n) is 11.6. The summed E-state index contributed by atoms with van der Waals surface area (Å²) in [6.45, 7) is 7.93. The highest BCUT2D eigenvalue weighted by molar-refractivity contribution is 5.91. The number of rotatable bonds is 6. The summed E-state index contributed by atoms with van der Waals surface area (Å²) in [6.07, 6.45) is 5.57. The lowest BCUT2D eigenvalue weighted by Crippen LogP contribution is -2.30. The molecule has 1 rings (SSSR count). The van der Waals surface area contributed by atoms with Gasteiger partial charge in [0.05, 0.1) is 0 Å². The fraction of sp³-hybridized carbons (Fsp3) is 0.438. The molecule has 1 amide bonds. The Morgan fingerprint density at radius 1 is 1.11 bits per heavy atom. The molecule has 0 fully saturated rings. The maximum atomic E-state index is 12.0. The first-order valence-electron chi connectivity index (χ1n) is 6.71. The monoisotopic (exact) mass is 245 g/mol. The minimum absolute atomic E-state index is 0.110. The molecule has 0 unspecified atom stereocenters. The molecule has 98 valence electrons. The van der Waals surface area contributed by atoms with Gasteiger partial charge in [0, 0.05) is 19.2 Å². The first kappa shape index (κ1) is 14.5. The Balaban J connectivity index is 2.63. The first-order valence-corrected chi connectivity index (χ1v) is 6.71. The van der Waals surface area contributed by atoms with Gasteiger partial charge in [0.1, 0.15) is 0 Å².